The summed E-state index contributed by atoms with van der Waals surface area (Å²) in [4.78, 5) is 2.36. The molecule has 1 aliphatic rings. The molecule has 1 heterocycles. The molecule has 0 aromatic heterocycles. The Morgan fingerprint density at radius 3 is 2.63 bits per heavy atom. The Morgan fingerprint density at radius 2 is 2.11 bits per heavy atom. The fourth-order valence-electron chi connectivity index (χ4n) is 2.81. The van der Waals surface area contributed by atoms with Crippen molar-refractivity contribution in [3.63, 3.8) is 0 Å². The van der Waals surface area contributed by atoms with E-state index in [0.29, 0.717) is 24.5 Å². The van der Waals surface area contributed by atoms with Crippen molar-refractivity contribution in [2.75, 3.05) is 26.8 Å². The van der Waals surface area contributed by atoms with Gasteiger partial charge in [0.2, 0.25) is 0 Å². The van der Waals surface area contributed by atoms with Gasteiger partial charge < -0.3 is 10.5 Å². The van der Waals surface area contributed by atoms with Crippen LogP contribution in [0.15, 0.2) is 24.3 Å². The zero-order chi connectivity index (χ0) is 13.8. The number of rotatable bonds is 5. The minimum absolute atomic E-state index is 0.325. The number of nitrogens with two attached hydrogens (primary N) is 1. The summed E-state index contributed by atoms with van der Waals surface area (Å²) in [5.41, 5.74) is 7.24. The SMILES string of the molecule is CC(c1ccc(Cl)cc1)N(C)C(CN)C1CCOC1. The average molecular weight is 283 g/mol. The Labute approximate surface area is 120 Å². The van der Waals surface area contributed by atoms with Crippen molar-refractivity contribution in [1.29, 1.82) is 0 Å². The zero-order valence-electron chi connectivity index (χ0n) is 11.7. The second-order valence-corrected chi connectivity index (χ2v) is 5.76. The van der Waals surface area contributed by atoms with Crippen LogP contribution in [-0.4, -0.2) is 37.7 Å². The molecule has 19 heavy (non-hydrogen) atoms. The number of nitrogens with zero attached hydrogens (tertiary/aromatic N) is 1. The van der Waals surface area contributed by atoms with Gasteiger partial charge in [-0.1, -0.05) is 23.7 Å². The molecule has 1 aromatic rings. The Hall–Kier alpha value is -0.610. The second kappa shape index (κ2) is 6.71. The monoisotopic (exact) mass is 282 g/mol. The molecule has 1 aromatic carbocycles. The third kappa shape index (κ3) is 3.48. The normalized spacial score (nSPS) is 22.7. The third-order valence-electron chi connectivity index (χ3n) is 4.24. The van der Waals surface area contributed by atoms with Crippen molar-refractivity contribution >= 4 is 11.6 Å². The van der Waals surface area contributed by atoms with Crippen molar-refractivity contribution < 1.29 is 4.74 Å². The molecule has 1 fully saturated rings. The Balaban J connectivity index is 2.07. The molecular weight excluding hydrogens is 260 g/mol. The molecule has 1 aliphatic heterocycles. The van der Waals surface area contributed by atoms with E-state index in [-0.39, 0.29) is 0 Å². The van der Waals surface area contributed by atoms with Crippen LogP contribution in [0.3, 0.4) is 0 Å². The molecule has 0 radical (unpaired) electrons. The number of ether oxygens (including phenoxy) is 1. The van der Waals surface area contributed by atoms with E-state index in [1.807, 2.05) is 12.1 Å². The lowest BCUT2D eigenvalue weighted by Gasteiger charge is -2.36. The highest BCUT2D eigenvalue weighted by Gasteiger charge is 2.30. The predicted octanol–water partition coefficient (Wildman–Crippen LogP) is 2.70. The van der Waals surface area contributed by atoms with Crippen molar-refractivity contribution in [3.05, 3.63) is 34.9 Å². The smallest absolute Gasteiger partial charge is 0.0510 e. The summed E-state index contributed by atoms with van der Waals surface area (Å²) in [7, 11) is 2.15. The van der Waals surface area contributed by atoms with Crippen molar-refractivity contribution in [3.8, 4) is 0 Å². The molecule has 2 N–H and O–H groups in total. The summed E-state index contributed by atoms with van der Waals surface area (Å²) in [6.07, 6.45) is 1.11. The van der Waals surface area contributed by atoms with Gasteiger partial charge in [0.25, 0.3) is 0 Å². The maximum Gasteiger partial charge on any atom is 0.0510 e. The van der Waals surface area contributed by atoms with Gasteiger partial charge in [0, 0.05) is 36.2 Å². The second-order valence-electron chi connectivity index (χ2n) is 5.32. The first-order chi connectivity index (χ1) is 9.13. The van der Waals surface area contributed by atoms with E-state index >= 15 is 0 Å². The van der Waals surface area contributed by atoms with Gasteiger partial charge in [-0.25, -0.2) is 0 Å². The van der Waals surface area contributed by atoms with Gasteiger partial charge >= 0.3 is 0 Å². The Bertz CT molecular complexity index is 390. The van der Waals surface area contributed by atoms with E-state index < -0.39 is 0 Å². The molecule has 106 valence electrons. The molecule has 0 saturated carbocycles. The van der Waals surface area contributed by atoms with Crippen LogP contribution in [0.1, 0.15) is 24.9 Å². The lowest BCUT2D eigenvalue weighted by Crippen LogP contribution is -2.44. The fraction of sp³-hybridized carbons (Fsp3) is 0.600. The van der Waals surface area contributed by atoms with Crippen LogP contribution in [-0.2, 0) is 4.74 Å². The molecular formula is C15H23ClN2O. The van der Waals surface area contributed by atoms with Gasteiger partial charge in [-0.3, -0.25) is 4.90 Å². The lowest BCUT2D eigenvalue weighted by atomic mass is 9.95. The predicted molar refractivity (Wildman–Crippen MR) is 79.4 cm³/mol. The van der Waals surface area contributed by atoms with Gasteiger partial charge in [0.15, 0.2) is 0 Å². The topological polar surface area (TPSA) is 38.5 Å². The van der Waals surface area contributed by atoms with Crippen molar-refractivity contribution in [2.45, 2.75) is 25.4 Å². The fourth-order valence-corrected chi connectivity index (χ4v) is 2.94. The maximum absolute atomic E-state index is 5.98. The van der Waals surface area contributed by atoms with Gasteiger partial charge in [0.05, 0.1) is 6.61 Å². The largest absolute Gasteiger partial charge is 0.381 e. The first-order valence-electron chi connectivity index (χ1n) is 6.88. The van der Waals surface area contributed by atoms with E-state index in [1.54, 1.807) is 0 Å². The lowest BCUT2D eigenvalue weighted by molar-refractivity contribution is 0.115. The van der Waals surface area contributed by atoms with Gasteiger partial charge in [-0.05, 0) is 38.1 Å². The number of hydrogen-bond donors (Lipinski definition) is 1. The zero-order valence-corrected chi connectivity index (χ0v) is 12.4. The van der Waals surface area contributed by atoms with Crippen molar-refractivity contribution in [1.82, 2.24) is 4.90 Å². The number of halogens is 1. The van der Waals surface area contributed by atoms with Crippen LogP contribution in [0.4, 0.5) is 0 Å². The van der Waals surface area contributed by atoms with Crippen LogP contribution >= 0.6 is 11.6 Å². The number of likely N-dealkylation sites (N-methyl/N-ethyl adjacent to an activating group) is 1. The minimum Gasteiger partial charge on any atom is -0.381 e. The summed E-state index contributed by atoms with van der Waals surface area (Å²) in [5.74, 6) is 0.546. The molecule has 0 amide bonds. The Morgan fingerprint density at radius 1 is 1.42 bits per heavy atom. The molecule has 0 aliphatic carbocycles. The third-order valence-corrected chi connectivity index (χ3v) is 4.49. The molecule has 0 spiro atoms. The standard InChI is InChI=1S/C15H23ClN2O/c1-11(12-3-5-14(16)6-4-12)18(2)15(9-17)13-7-8-19-10-13/h3-6,11,13,15H,7-10,17H2,1-2H3. The summed E-state index contributed by atoms with van der Waals surface area (Å²) >= 11 is 5.94. The van der Waals surface area contributed by atoms with Gasteiger partial charge in [0.1, 0.15) is 0 Å². The number of benzene rings is 1. The van der Waals surface area contributed by atoms with Crippen LogP contribution < -0.4 is 5.73 Å². The van der Waals surface area contributed by atoms with Gasteiger partial charge in [-0.2, -0.15) is 0 Å². The molecule has 3 atom stereocenters. The highest BCUT2D eigenvalue weighted by Crippen LogP contribution is 2.27. The average Bonchev–Trinajstić information content (AvgIpc) is 2.93. The molecule has 0 bridgehead atoms. The highest BCUT2D eigenvalue weighted by atomic mass is 35.5. The summed E-state index contributed by atoms with van der Waals surface area (Å²) in [6.45, 7) is 4.58. The maximum atomic E-state index is 5.98. The minimum atomic E-state index is 0.325. The first kappa shape index (κ1) is 14.8. The Kier molecular flexibility index (Phi) is 5.22. The molecule has 1 saturated heterocycles. The van der Waals surface area contributed by atoms with Crippen molar-refractivity contribution in [2.24, 2.45) is 11.7 Å². The quantitative estimate of drug-likeness (QED) is 0.902. The van der Waals surface area contributed by atoms with Gasteiger partial charge in [-0.15, -0.1) is 0 Å². The van der Waals surface area contributed by atoms with E-state index in [2.05, 4.69) is 31.0 Å². The van der Waals surface area contributed by atoms with E-state index in [1.165, 1.54) is 5.56 Å². The summed E-state index contributed by atoms with van der Waals surface area (Å²) < 4.78 is 5.49. The van der Waals surface area contributed by atoms with E-state index in [0.717, 1.165) is 24.7 Å². The molecule has 2 rings (SSSR count). The van der Waals surface area contributed by atoms with E-state index in [9.17, 15) is 0 Å². The summed E-state index contributed by atoms with van der Waals surface area (Å²) in [6, 6.07) is 8.75. The molecule has 3 unspecified atom stereocenters. The van der Waals surface area contributed by atoms with Crippen LogP contribution in [0.2, 0.25) is 5.02 Å². The first-order valence-corrected chi connectivity index (χ1v) is 7.26. The molecule has 4 heteroatoms. The summed E-state index contributed by atoms with van der Waals surface area (Å²) in [5, 5.41) is 0.776. The number of hydrogen-bond acceptors (Lipinski definition) is 3. The van der Waals surface area contributed by atoms with Crippen LogP contribution in [0, 0.1) is 5.92 Å². The van der Waals surface area contributed by atoms with Crippen LogP contribution in [0.5, 0.6) is 0 Å². The van der Waals surface area contributed by atoms with E-state index in [4.69, 9.17) is 22.1 Å². The van der Waals surface area contributed by atoms with Crippen LogP contribution in [0.25, 0.3) is 0 Å². The molecule has 3 nitrogen and oxygen atoms in total. The highest BCUT2D eigenvalue weighted by molar-refractivity contribution is 6.30.